The fourth-order valence-electron chi connectivity index (χ4n) is 4.74. The lowest BCUT2D eigenvalue weighted by Crippen LogP contribution is -2.32. The molecule has 0 saturated carbocycles. The monoisotopic (exact) mass is 507 g/mol. The Morgan fingerprint density at radius 1 is 0.921 bits per heavy atom. The Bertz CT molecular complexity index is 1570. The molecule has 0 saturated heterocycles. The third-order valence-corrected chi connectivity index (χ3v) is 6.68. The van der Waals surface area contributed by atoms with E-state index in [0.29, 0.717) is 6.61 Å². The van der Waals surface area contributed by atoms with Crippen LogP contribution in [0.25, 0.3) is 21.8 Å². The Labute approximate surface area is 223 Å². The van der Waals surface area contributed by atoms with Crippen molar-refractivity contribution in [3.8, 4) is 11.5 Å². The molecule has 0 fully saturated rings. The molecule has 1 N–H and O–H groups in total. The molecule has 0 radical (unpaired) electrons. The van der Waals surface area contributed by atoms with Gasteiger partial charge in [-0.2, -0.15) is 0 Å². The van der Waals surface area contributed by atoms with Crippen LogP contribution in [0.15, 0.2) is 84.9 Å². The van der Waals surface area contributed by atoms with Gasteiger partial charge in [-0.05, 0) is 68.0 Å². The molecule has 194 valence electrons. The first-order valence-electron chi connectivity index (χ1n) is 13.0. The Morgan fingerprint density at radius 2 is 1.71 bits per heavy atom. The second kappa shape index (κ2) is 11.4. The minimum absolute atomic E-state index is 0.0479. The van der Waals surface area contributed by atoms with Crippen molar-refractivity contribution in [2.45, 2.75) is 39.8 Å². The third kappa shape index (κ3) is 5.65. The standard InChI is InChI=1S/C32H33N3O3/c1-22-16-17-23(2)30(20-22)38-21-31(36)33-24(3)32-34-27-13-6-7-14-28(27)35(32)18-9-19-37-29-15-8-11-25-10-4-5-12-26(25)29/h4-8,10-17,20,24H,9,18-19,21H2,1-3H3,(H,33,36). The molecule has 4 aromatic carbocycles. The minimum atomic E-state index is -0.281. The van der Waals surface area contributed by atoms with Crippen LogP contribution in [-0.2, 0) is 11.3 Å². The maximum absolute atomic E-state index is 12.8. The third-order valence-electron chi connectivity index (χ3n) is 6.68. The number of aromatic nitrogens is 2. The summed E-state index contributed by atoms with van der Waals surface area (Å²) in [7, 11) is 0. The molecule has 1 amide bonds. The SMILES string of the molecule is Cc1ccc(C)c(OCC(=O)NC(C)c2nc3ccccc3n2CCCOc2cccc3ccccc23)c1. The number of benzene rings is 4. The molecule has 6 heteroatoms. The quantitative estimate of drug-likeness (QED) is 0.218. The van der Waals surface area contributed by atoms with E-state index in [0.717, 1.165) is 57.8 Å². The second-order valence-corrected chi connectivity index (χ2v) is 9.64. The first-order chi connectivity index (χ1) is 18.5. The van der Waals surface area contributed by atoms with Crippen molar-refractivity contribution in [3.05, 3.63) is 102 Å². The molecule has 0 aliphatic heterocycles. The smallest absolute Gasteiger partial charge is 0.258 e. The zero-order valence-corrected chi connectivity index (χ0v) is 22.1. The van der Waals surface area contributed by atoms with Gasteiger partial charge in [0.25, 0.3) is 5.91 Å². The molecule has 0 aliphatic carbocycles. The van der Waals surface area contributed by atoms with E-state index in [9.17, 15) is 4.79 Å². The molecular weight excluding hydrogens is 474 g/mol. The highest BCUT2D eigenvalue weighted by Crippen LogP contribution is 2.26. The van der Waals surface area contributed by atoms with Crippen LogP contribution in [0.2, 0.25) is 0 Å². The number of nitrogens with one attached hydrogen (secondary N) is 1. The van der Waals surface area contributed by atoms with Crippen LogP contribution in [0.1, 0.15) is 36.3 Å². The molecule has 38 heavy (non-hydrogen) atoms. The summed E-state index contributed by atoms with van der Waals surface area (Å²) in [5.74, 6) is 2.25. The highest BCUT2D eigenvalue weighted by molar-refractivity contribution is 5.88. The fourth-order valence-corrected chi connectivity index (χ4v) is 4.74. The van der Waals surface area contributed by atoms with Gasteiger partial charge in [0.1, 0.15) is 17.3 Å². The highest BCUT2D eigenvalue weighted by atomic mass is 16.5. The Balaban J connectivity index is 1.24. The predicted octanol–water partition coefficient (Wildman–Crippen LogP) is 6.53. The number of para-hydroxylation sites is 2. The zero-order valence-electron chi connectivity index (χ0n) is 22.1. The van der Waals surface area contributed by atoms with E-state index < -0.39 is 0 Å². The van der Waals surface area contributed by atoms with Gasteiger partial charge in [0.2, 0.25) is 0 Å². The van der Waals surface area contributed by atoms with Crippen LogP contribution in [-0.4, -0.2) is 28.7 Å². The van der Waals surface area contributed by atoms with Gasteiger partial charge < -0.3 is 19.4 Å². The van der Waals surface area contributed by atoms with Crippen molar-refractivity contribution < 1.29 is 14.3 Å². The highest BCUT2D eigenvalue weighted by Gasteiger charge is 2.19. The fraction of sp³-hybridized carbons (Fsp3) is 0.250. The molecule has 0 aliphatic rings. The van der Waals surface area contributed by atoms with Gasteiger partial charge in [-0.25, -0.2) is 4.98 Å². The average Bonchev–Trinajstić information content (AvgIpc) is 3.30. The van der Waals surface area contributed by atoms with Gasteiger partial charge >= 0.3 is 0 Å². The molecule has 5 rings (SSSR count). The summed E-state index contributed by atoms with van der Waals surface area (Å²) in [5, 5.41) is 5.34. The summed E-state index contributed by atoms with van der Waals surface area (Å²) >= 11 is 0. The minimum Gasteiger partial charge on any atom is -0.493 e. The maximum Gasteiger partial charge on any atom is 0.258 e. The molecular formula is C32H33N3O3. The van der Waals surface area contributed by atoms with E-state index in [-0.39, 0.29) is 18.6 Å². The van der Waals surface area contributed by atoms with E-state index in [4.69, 9.17) is 14.5 Å². The van der Waals surface area contributed by atoms with Crippen molar-refractivity contribution in [1.82, 2.24) is 14.9 Å². The van der Waals surface area contributed by atoms with E-state index in [1.807, 2.05) is 81.4 Å². The van der Waals surface area contributed by atoms with E-state index in [2.05, 4.69) is 34.1 Å². The number of nitrogens with zero attached hydrogens (tertiary/aromatic N) is 2. The number of hydrogen-bond acceptors (Lipinski definition) is 4. The number of rotatable bonds is 10. The second-order valence-electron chi connectivity index (χ2n) is 9.64. The van der Waals surface area contributed by atoms with Crippen molar-refractivity contribution >= 4 is 27.7 Å². The topological polar surface area (TPSA) is 65.4 Å². The lowest BCUT2D eigenvalue weighted by molar-refractivity contribution is -0.123. The molecule has 1 atom stereocenters. The van der Waals surface area contributed by atoms with Crippen molar-refractivity contribution in [2.24, 2.45) is 0 Å². The first kappa shape index (κ1) is 25.3. The van der Waals surface area contributed by atoms with Crippen LogP contribution in [0.5, 0.6) is 11.5 Å². The molecule has 6 nitrogen and oxygen atoms in total. The molecule has 1 unspecified atom stereocenters. The first-order valence-corrected chi connectivity index (χ1v) is 13.0. The van der Waals surface area contributed by atoms with Crippen molar-refractivity contribution in [1.29, 1.82) is 0 Å². The van der Waals surface area contributed by atoms with Crippen LogP contribution < -0.4 is 14.8 Å². The molecule has 5 aromatic rings. The van der Waals surface area contributed by atoms with Gasteiger partial charge in [-0.15, -0.1) is 0 Å². The van der Waals surface area contributed by atoms with E-state index in [1.54, 1.807) is 0 Å². The van der Waals surface area contributed by atoms with Gasteiger partial charge in [0.15, 0.2) is 6.61 Å². The Hall–Kier alpha value is -4.32. The molecule has 1 aromatic heterocycles. The van der Waals surface area contributed by atoms with Crippen molar-refractivity contribution in [3.63, 3.8) is 0 Å². The number of hydrogen-bond donors (Lipinski definition) is 1. The largest absolute Gasteiger partial charge is 0.493 e. The number of imidazole rings is 1. The molecule has 1 heterocycles. The van der Waals surface area contributed by atoms with Gasteiger partial charge in [-0.3, -0.25) is 4.79 Å². The molecule has 0 bridgehead atoms. The number of aryl methyl sites for hydroxylation is 3. The van der Waals surface area contributed by atoms with Gasteiger partial charge in [0, 0.05) is 11.9 Å². The number of carbonyl (C=O) groups excluding carboxylic acids is 1. The zero-order chi connectivity index (χ0) is 26.5. The summed E-state index contributed by atoms with van der Waals surface area (Å²) in [6.45, 7) is 7.19. The number of carbonyl (C=O) groups is 1. The number of fused-ring (bicyclic) bond motifs is 2. The van der Waals surface area contributed by atoms with Crippen LogP contribution >= 0.6 is 0 Å². The van der Waals surface area contributed by atoms with Crippen LogP contribution in [0, 0.1) is 13.8 Å². The maximum atomic E-state index is 12.8. The van der Waals surface area contributed by atoms with Crippen LogP contribution in [0.3, 0.4) is 0 Å². The molecule has 0 spiro atoms. The van der Waals surface area contributed by atoms with E-state index in [1.165, 1.54) is 5.39 Å². The lowest BCUT2D eigenvalue weighted by Gasteiger charge is -2.17. The van der Waals surface area contributed by atoms with Crippen LogP contribution in [0.4, 0.5) is 0 Å². The average molecular weight is 508 g/mol. The summed E-state index contributed by atoms with van der Waals surface area (Å²) in [6, 6.07) is 28.1. The number of ether oxygens (including phenoxy) is 2. The summed E-state index contributed by atoms with van der Waals surface area (Å²) in [4.78, 5) is 17.6. The van der Waals surface area contributed by atoms with Crippen molar-refractivity contribution in [2.75, 3.05) is 13.2 Å². The van der Waals surface area contributed by atoms with Gasteiger partial charge in [-0.1, -0.05) is 60.7 Å². The Morgan fingerprint density at radius 3 is 2.61 bits per heavy atom. The van der Waals surface area contributed by atoms with E-state index >= 15 is 0 Å². The lowest BCUT2D eigenvalue weighted by atomic mass is 10.1. The Kier molecular flexibility index (Phi) is 7.59. The normalized spacial score (nSPS) is 12.0. The summed E-state index contributed by atoms with van der Waals surface area (Å²) in [5.41, 5.74) is 4.05. The summed E-state index contributed by atoms with van der Waals surface area (Å²) in [6.07, 6.45) is 0.799. The summed E-state index contributed by atoms with van der Waals surface area (Å²) < 4.78 is 14.1. The predicted molar refractivity (Wildman–Crippen MR) is 152 cm³/mol. The van der Waals surface area contributed by atoms with Gasteiger partial charge in [0.05, 0.1) is 23.7 Å². The number of amides is 1.